The van der Waals surface area contributed by atoms with Crippen molar-refractivity contribution in [1.82, 2.24) is 0 Å². The minimum absolute atomic E-state index is 0.313. The van der Waals surface area contributed by atoms with Crippen LogP contribution in [0.5, 0.6) is 0 Å². The molecule has 4 N–H and O–H groups in total. The molecule has 0 bridgehead atoms. The van der Waals surface area contributed by atoms with Crippen molar-refractivity contribution in [2.75, 3.05) is 6.61 Å². The first-order valence-electron chi connectivity index (χ1n) is 7.47. The zero-order chi connectivity index (χ0) is 17.0. The first-order valence-corrected chi connectivity index (χ1v) is 7.47. The van der Waals surface area contributed by atoms with Crippen LogP contribution in [-0.4, -0.2) is 63.3 Å². The molecule has 0 radical (unpaired) electrons. The van der Waals surface area contributed by atoms with E-state index in [2.05, 4.69) is 11.8 Å². The van der Waals surface area contributed by atoms with Crippen LogP contribution in [0.2, 0.25) is 0 Å². The number of hydrogen-bond donors (Lipinski definition) is 4. The second kappa shape index (κ2) is 7.41. The number of aliphatic hydroxyl groups excluding tert-OH is 3. The quantitative estimate of drug-likeness (QED) is 0.567. The zero-order valence-corrected chi connectivity index (χ0v) is 13.1. The Balaban J connectivity index is 2.35. The maximum absolute atomic E-state index is 10.8. The summed E-state index contributed by atoms with van der Waals surface area (Å²) in [5.41, 5.74) is -1.49. The number of ether oxygens (including phenoxy) is 2. The lowest BCUT2D eigenvalue weighted by Gasteiger charge is -2.45. The van der Waals surface area contributed by atoms with Crippen LogP contribution < -0.4 is 0 Å². The molecule has 126 valence electrons. The highest BCUT2D eigenvalue weighted by Gasteiger charge is 2.55. The van der Waals surface area contributed by atoms with Gasteiger partial charge in [-0.3, -0.25) is 0 Å². The van der Waals surface area contributed by atoms with Crippen LogP contribution in [0, 0.1) is 11.8 Å². The van der Waals surface area contributed by atoms with Gasteiger partial charge >= 0.3 is 0 Å². The summed E-state index contributed by atoms with van der Waals surface area (Å²) in [6.07, 6.45) is -5.80. The van der Waals surface area contributed by atoms with Gasteiger partial charge in [0, 0.05) is 5.56 Å². The van der Waals surface area contributed by atoms with Gasteiger partial charge in [0.2, 0.25) is 11.9 Å². The van der Waals surface area contributed by atoms with Gasteiger partial charge in [-0.2, -0.15) is 0 Å². The molecule has 1 aromatic carbocycles. The molecule has 1 aliphatic heterocycles. The monoisotopic (exact) mass is 322 g/mol. The van der Waals surface area contributed by atoms with Gasteiger partial charge in [-0.05, 0) is 26.0 Å². The summed E-state index contributed by atoms with van der Waals surface area (Å²) in [6.45, 7) is 2.96. The summed E-state index contributed by atoms with van der Waals surface area (Å²) in [5, 5.41) is 40.3. The Morgan fingerprint density at radius 1 is 1.26 bits per heavy atom. The summed E-state index contributed by atoms with van der Waals surface area (Å²) in [6, 6.07) is 8.91. The molecule has 23 heavy (non-hydrogen) atoms. The van der Waals surface area contributed by atoms with Gasteiger partial charge in [-0.15, -0.1) is 0 Å². The smallest absolute Gasteiger partial charge is 0.205 e. The maximum Gasteiger partial charge on any atom is 0.205 e. The van der Waals surface area contributed by atoms with E-state index in [4.69, 9.17) is 9.47 Å². The van der Waals surface area contributed by atoms with E-state index in [1.807, 2.05) is 6.07 Å². The average Bonchev–Trinajstić information content (AvgIpc) is 2.54. The third-order valence-corrected chi connectivity index (χ3v) is 3.57. The fourth-order valence-electron chi connectivity index (χ4n) is 2.31. The second-order valence-electron chi connectivity index (χ2n) is 5.75. The van der Waals surface area contributed by atoms with Crippen molar-refractivity contribution in [2.45, 2.75) is 50.2 Å². The minimum Gasteiger partial charge on any atom is -0.394 e. The van der Waals surface area contributed by atoms with Crippen molar-refractivity contribution in [3.05, 3.63) is 35.9 Å². The van der Waals surface area contributed by atoms with Gasteiger partial charge in [0.15, 0.2) is 0 Å². The molecule has 0 unspecified atom stereocenters. The van der Waals surface area contributed by atoms with E-state index in [0.29, 0.717) is 5.56 Å². The SMILES string of the molecule is CC(C)O[C@H]1O[C@H](CO)[C@@H](O)[C@H](O)[C@@]1(O)C#Cc1ccccc1. The average molecular weight is 322 g/mol. The molecule has 0 aromatic heterocycles. The van der Waals surface area contributed by atoms with Gasteiger partial charge in [0.05, 0.1) is 12.7 Å². The molecule has 5 atom stereocenters. The summed E-state index contributed by atoms with van der Waals surface area (Å²) in [4.78, 5) is 0. The molecule has 6 nitrogen and oxygen atoms in total. The highest BCUT2D eigenvalue weighted by Crippen LogP contribution is 2.31. The molecular weight excluding hydrogens is 300 g/mol. The number of rotatable bonds is 3. The molecule has 1 aromatic rings. The molecule has 1 saturated heterocycles. The van der Waals surface area contributed by atoms with Gasteiger partial charge in [-0.1, -0.05) is 30.0 Å². The van der Waals surface area contributed by atoms with Crippen LogP contribution in [-0.2, 0) is 9.47 Å². The lowest BCUT2D eigenvalue weighted by Crippen LogP contribution is -2.67. The van der Waals surface area contributed by atoms with Crippen molar-refractivity contribution in [2.24, 2.45) is 0 Å². The number of benzene rings is 1. The normalized spacial score (nSPS) is 34.0. The maximum atomic E-state index is 10.8. The fraction of sp³-hybridized carbons (Fsp3) is 0.529. The molecule has 0 aliphatic carbocycles. The molecule has 1 heterocycles. The Labute approximate surface area is 135 Å². The molecule has 1 aliphatic rings. The molecular formula is C17H22O6. The van der Waals surface area contributed by atoms with Crippen molar-refractivity contribution in [3.63, 3.8) is 0 Å². The van der Waals surface area contributed by atoms with E-state index in [-0.39, 0.29) is 6.10 Å². The van der Waals surface area contributed by atoms with E-state index in [0.717, 1.165) is 0 Å². The highest BCUT2D eigenvalue weighted by atomic mass is 16.7. The topological polar surface area (TPSA) is 99.4 Å². The largest absolute Gasteiger partial charge is 0.394 e. The third-order valence-electron chi connectivity index (χ3n) is 3.57. The van der Waals surface area contributed by atoms with E-state index >= 15 is 0 Å². The van der Waals surface area contributed by atoms with Crippen LogP contribution in [0.25, 0.3) is 0 Å². The van der Waals surface area contributed by atoms with Gasteiger partial charge < -0.3 is 29.9 Å². The van der Waals surface area contributed by atoms with Crippen molar-refractivity contribution in [3.8, 4) is 11.8 Å². The second-order valence-corrected chi connectivity index (χ2v) is 5.75. The number of aliphatic hydroxyl groups is 4. The summed E-state index contributed by atoms with van der Waals surface area (Å²) in [5.74, 6) is 5.31. The van der Waals surface area contributed by atoms with E-state index < -0.39 is 36.8 Å². The van der Waals surface area contributed by atoms with E-state index in [9.17, 15) is 20.4 Å². The standard InChI is InChI=1S/C17H22O6/c1-11(2)22-16-17(21,9-8-12-6-4-3-5-7-12)15(20)14(19)13(10-18)23-16/h3-7,11,13-16,18-21H,10H2,1-2H3/t13-,14-,15+,16+,17+/m1/s1. The third kappa shape index (κ3) is 3.90. The first kappa shape index (κ1) is 17.9. The Hall–Kier alpha value is -1.46. The molecule has 0 spiro atoms. The predicted molar refractivity (Wildman–Crippen MR) is 82.3 cm³/mol. The van der Waals surface area contributed by atoms with Crippen LogP contribution in [0.3, 0.4) is 0 Å². The lowest BCUT2D eigenvalue weighted by atomic mass is 9.86. The van der Waals surface area contributed by atoms with Gasteiger partial charge in [0.1, 0.15) is 18.3 Å². The van der Waals surface area contributed by atoms with Crippen molar-refractivity contribution in [1.29, 1.82) is 0 Å². The van der Waals surface area contributed by atoms with E-state index in [1.165, 1.54) is 0 Å². The summed E-state index contributed by atoms with van der Waals surface area (Å²) >= 11 is 0. The van der Waals surface area contributed by atoms with Crippen molar-refractivity contribution >= 4 is 0 Å². The summed E-state index contributed by atoms with van der Waals surface area (Å²) < 4.78 is 10.9. The molecule has 2 rings (SSSR count). The Bertz CT molecular complexity index is 563. The van der Waals surface area contributed by atoms with Crippen molar-refractivity contribution < 1.29 is 29.9 Å². The first-order chi connectivity index (χ1) is 10.9. The van der Waals surface area contributed by atoms with Crippen LogP contribution in [0.1, 0.15) is 19.4 Å². The molecule has 0 saturated carbocycles. The van der Waals surface area contributed by atoms with E-state index in [1.54, 1.807) is 38.1 Å². The minimum atomic E-state index is -2.12. The zero-order valence-electron chi connectivity index (χ0n) is 13.1. The van der Waals surface area contributed by atoms with Gasteiger partial charge in [-0.25, -0.2) is 0 Å². The molecule has 0 amide bonds. The predicted octanol–water partition coefficient (Wildman–Crippen LogP) is -0.367. The van der Waals surface area contributed by atoms with Crippen LogP contribution in [0.4, 0.5) is 0 Å². The summed E-state index contributed by atoms with van der Waals surface area (Å²) in [7, 11) is 0. The molecule has 6 heteroatoms. The Kier molecular flexibility index (Phi) is 5.76. The number of hydrogen-bond acceptors (Lipinski definition) is 6. The Morgan fingerprint density at radius 2 is 1.91 bits per heavy atom. The molecule has 1 fully saturated rings. The fourth-order valence-corrected chi connectivity index (χ4v) is 2.31. The highest BCUT2D eigenvalue weighted by molar-refractivity contribution is 5.37. The Morgan fingerprint density at radius 3 is 2.48 bits per heavy atom. The van der Waals surface area contributed by atoms with Crippen LogP contribution in [0.15, 0.2) is 30.3 Å². The lowest BCUT2D eigenvalue weighted by molar-refractivity contribution is -0.330. The van der Waals surface area contributed by atoms with Crippen LogP contribution >= 0.6 is 0 Å². The van der Waals surface area contributed by atoms with Gasteiger partial charge in [0.25, 0.3) is 0 Å².